The number of carbonyl (C=O) groups is 1. The first kappa shape index (κ1) is 17.4. The van der Waals surface area contributed by atoms with E-state index in [2.05, 4.69) is 39.1 Å². The van der Waals surface area contributed by atoms with Gasteiger partial charge in [0.15, 0.2) is 5.69 Å². The molecule has 2 fully saturated rings. The molecule has 24 heavy (non-hydrogen) atoms. The fourth-order valence-electron chi connectivity index (χ4n) is 3.30. The van der Waals surface area contributed by atoms with E-state index in [0.717, 1.165) is 51.9 Å². The number of hydrogen-bond acceptors (Lipinski definition) is 5. The van der Waals surface area contributed by atoms with Gasteiger partial charge in [0.25, 0.3) is 5.91 Å². The van der Waals surface area contributed by atoms with Gasteiger partial charge in [0, 0.05) is 19.6 Å². The molecule has 0 radical (unpaired) electrons. The van der Waals surface area contributed by atoms with Crippen molar-refractivity contribution in [2.75, 3.05) is 44.7 Å². The number of anilines is 1. The van der Waals surface area contributed by atoms with E-state index >= 15 is 0 Å². The fraction of sp³-hybridized carbons (Fsp3) is 0.706. The Morgan fingerprint density at radius 3 is 2.62 bits per heavy atom. The lowest BCUT2D eigenvalue weighted by molar-refractivity contribution is 0.0887. The van der Waals surface area contributed by atoms with E-state index < -0.39 is 0 Å². The highest BCUT2D eigenvalue weighted by atomic mass is 35.5. The summed E-state index contributed by atoms with van der Waals surface area (Å²) in [7, 11) is 2.14. The fourth-order valence-corrected chi connectivity index (χ4v) is 3.48. The maximum atomic E-state index is 12.6. The van der Waals surface area contributed by atoms with Crippen LogP contribution in [0.15, 0.2) is 6.20 Å². The first-order valence-electron chi connectivity index (χ1n) is 8.71. The molecule has 2 aliphatic rings. The zero-order valence-corrected chi connectivity index (χ0v) is 15.3. The number of nitrogens with zero attached hydrogens (tertiary/aromatic N) is 4. The molecule has 132 valence electrons. The third-order valence-corrected chi connectivity index (χ3v) is 5.48. The number of piperidine rings is 1. The van der Waals surface area contributed by atoms with E-state index in [1.165, 1.54) is 6.20 Å². The minimum absolute atomic E-state index is 0.138. The summed E-state index contributed by atoms with van der Waals surface area (Å²) in [6, 6.07) is 0. The monoisotopic (exact) mass is 351 g/mol. The van der Waals surface area contributed by atoms with Crippen LogP contribution < -0.4 is 10.2 Å². The van der Waals surface area contributed by atoms with Gasteiger partial charge in [-0.2, -0.15) is 0 Å². The second-order valence-electron chi connectivity index (χ2n) is 7.36. The maximum absolute atomic E-state index is 12.6. The maximum Gasteiger partial charge on any atom is 0.271 e. The predicted octanol–water partition coefficient (Wildman–Crippen LogP) is 2.19. The number of rotatable bonds is 4. The van der Waals surface area contributed by atoms with Gasteiger partial charge in [-0.3, -0.25) is 4.79 Å². The topological polar surface area (TPSA) is 61.4 Å². The van der Waals surface area contributed by atoms with Crippen molar-refractivity contribution >= 4 is 23.5 Å². The molecule has 0 saturated carbocycles. The van der Waals surface area contributed by atoms with E-state index in [1.54, 1.807) is 0 Å². The Labute approximate surface area is 148 Å². The van der Waals surface area contributed by atoms with Crippen molar-refractivity contribution in [3.8, 4) is 0 Å². The van der Waals surface area contributed by atoms with E-state index in [1.807, 2.05) is 0 Å². The normalized spacial score (nSPS) is 21.0. The SMILES string of the molecule is CN1CCC(C)(CNC(=O)c2nc(N3CCCC3)ncc2Cl)CC1. The molecule has 1 aromatic heterocycles. The van der Waals surface area contributed by atoms with E-state index in [-0.39, 0.29) is 17.0 Å². The van der Waals surface area contributed by atoms with Crippen LogP contribution in [-0.2, 0) is 0 Å². The lowest BCUT2D eigenvalue weighted by atomic mass is 9.80. The Balaban J connectivity index is 1.65. The van der Waals surface area contributed by atoms with Crippen molar-refractivity contribution in [3.05, 3.63) is 16.9 Å². The number of carbonyl (C=O) groups excluding carboxylic acids is 1. The first-order chi connectivity index (χ1) is 11.5. The Hall–Kier alpha value is -1.40. The quantitative estimate of drug-likeness (QED) is 0.901. The summed E-state index contributed by atoms with van der Waals surface area (Å²) in [4.78, 5) is 25.7. The Morgan fingerprint density at radius 1 is 1.29 bits per heavy atom. The van der Waals surface area contributed by atoms with Crippen LogP contribution in [0.2, 0.25) is 5.02 Å². The number of aromatic nitrogens is 2. The molecular weight excluding hydrogens is 326 g/mol. The van der Waals surface area contributed by atoms with Crippen LogP contribution in [0.1, 0.15) is 43.1 Å². The summed E-state index contributed by atoms with van der Waals surface area (Å²) in [5, 5.41) is 3.34. The number of halogens is 1. The summed E-state index contributed by atoms with van der Waals surface area (Å²) in [5.41, 5.74) is 0.421. The van der Waals surface area contributed by atoms with Gasteiger partial charge in [-0.15, -0.1) is 0 Å². The van der Waals surface area contributed by atoms with Crippen LogP contribution >= 0.6 is 11.6 Å². The molecule has 0 bridgehead atoms. The molecule has 6 nitrogen and oxygen atoms in total. The molecule has 0 aliphatic carbocycles. The van der Waals surface area contributed by atoms with Crippen LogP contribution in [0.4, 0.5) is 5.95 Å². The van der Waals surface area contributed by atoms with Crippen molar-refractivity contribution in [2.45, 2.75) is 32.6 Å². The van der Waals surface area contributed by atoms with Crippen LogP contribution in [-0.4, -0.2) is 60.5 Å². The van der Waals surface area contributed by atoms with Crippen molar-refractivity contribution in [2.24, 2.45) is 5.41 Å². The second kappa shape index (κ2) is 7.23. The summed E-state index contributed by atoms with van der Waals surface area (Å²) in [6.07, 6.45) is 5.98. The highest BCUT2D eigenvalue weighted by molar-refractivity contribution is 6.33. The molecule has 1 aromatic rings. The van der Waals surface area contributed by atoms with Gasteiger partial charge in [0.2, 0.25) is 5.95 Å². The van der Waals surface area contributed by atoms with E-state index in [9.17, 15) is 4.79 Å². The third-order valence-electron chi connectivity index (χ3n) is 5.21. The number of likely N-dealkylation sites (tertiary alicyclic amines) is 1. The third kappa shape index (κ3) is 3.98. The van der Waals surface area contributed by atoms with Gasteiger partial charge < -0.3 is 15.1 Å². The van der Waals surface area contributed by atoms with Crippen molar-refractivity contribution in [3.63, 3.8) is 0 Å². The Morgan fingerprint density at radius 2 is 1.96 bits per heavy atom. The van der Waals surface area contributed by atoms with E-state index in [4.69, 9.17) is 11.6 Å². The van der Waals surface area contributed by atoms with Gasteiger partial charge in [0.1, 0.15) is 0 Å². The molecule has 3 rings (SSSR count). The number of nitrogens with one attached hydrogen (secondary N) is 1. The summed E-state index contributed by atoms with van der Waals surface area (Å²) in [5.74, 6) is 0.399. The minimum atomic E-state index is -0.206. The molecule has 3 heterocycles. The van der Waals surface area contributed by atoms with Crippen LogP contribution in [0.3, 0.4) is 0 Å². The van der Waals surface area contributed by atoms with Crippen LogP contribution in [0.25, 0.3) is 0 Å². The summed E-state index contributed by atoms with van der Waals surface area (Å²) >= 11 is 6.16. The van der Waals surface area contributed by atoms with Crippen molar-refractivity contribution < 1.29 is 4.79 Å². The molecule has 1 amide bonds. The molecule has 1 N–H and O–H groups in total. The summed E-state index contributed by atoms with van der Waals surface area (Å²) in [6.45, 7) is 6.90. The molecule has 7 heteroatoms. The molecular formula is C17H26ClN5O. The second-order valence-corrected chi connectivity index (χ2v) is 7.76. The zero-order chi connectivity index (χ0) is 17.2. The van der Waals surface area contributed by atoms with Crippen molar-refractivity contribution in [1.29, 1.82) is 0 Å². The lowest BCUT2D eigenvalue weighted by Crippen LogP contribution is -2.43. The van der Waals surface area contributed by atoms with Gasteiger partial charge >= 0.3 is 0 Å². The van der Waals surface area contributed by atoms with Crippen LogP contribution in [0, 0.1) is 5.41 Å². The average molecular weight is 352 g/mol. The van der Waals surface area contributed by atoms with Gasteiger partial charge in [-0.1, -0.05) is 18.5 Å². The largest absolute Gasteiger partial charge is 0.350 e. The van der Waals surface area contributed by atoms with Crippen LogP contribution in [0.5, 0.6) is 0 Å². The van der Waals surface area contributed by atoms with Gasteiger partial charge in [-0.05, 0) is 51.2 Å². The molecule has 0 atom stereocenters. The lowest BCUT2D eigenvalue weighted by Gasteiger charge is -2.37. The predicted molar refractivity (Wildman–Crippen MR) is 95.7 cm³/mol. The molecule has 2 saturated heterocycles. The molecule has 0 unspecified atom stereocenters. The smallest absolute Gasteiger partial charge is 0.271 e. The van der Waals surface area contributed by atoms with Gasteiger partial charge in [-0.25, -0.2) is 9.97 Å². The Kier molecular flexibility index (Phi) is 5.25. The highest BCUT2D eigenvalue weighted by Gasteiger charge is 2.30. The van der Waals surface area contributed by atoms with E-state index in [0.29, 0.717) is 17.5 Å². The molecule has 2 aliphatic heterocycles. The Bertz CT molecular complexity index is 595. The highest BCUT2D eigenvalue weighted by Crippen LogP contribution is 2.29. The van der Waals surface area contributed by atoms with Gasteiger partial charge in [0.05, 0.1) is 11.2 Å². The molecule has 0 aromatic carbocycles. The minimum Gasteiger partial charge on any atom is -0.350 e. The number of hydrogen-bond donors (Lipinski definition) is 1. The average Bonchev–Trinajstić information content (AvgIpc) is 3.11. The zero-order valence-electron chi connectivity index (χ0n) is 14.5. The van der Waals surface area contributed by atoms with Crippen molar-refractivity contribution in [1.82, 2.24) is 20.2 Å². The summed E-state index contributed by atoms with van der Waals surface area (Å²) < 4.78 is 0. The first-order valence-corrected chi connectivity index (χ1v) is 9.09. The standard InChI is InChI=1S/C17H26ClN5O/c1-17(5-9-22(2)10-6-17)12-20-15(24)14-13(18)11-19-16(21-14)23-7-3-4-8-23/h11H,3-10,12H2,1-2H3,(H,20,24). The number of amides is 1. The molecule has 0 spiro atoms.